The second-order valence-electron chi connectivity index (χ2n) is 8.83. The van der Waals surface area contributed by atoms with Crippen molar-refractivity contribution in [3.8, 4) is 0 Å². The fourth-order valence-corrected chi connectivity index (χ4v) is 4.49. The number of fused-ring (bicyclic) bond motifs is 1. The topological polar surface area (TPSA) is 25.4 Å². The number of hydrogen-bond acceptors (Lipinski definition) is 3. The van der Waals surface area contributed by atoms with Crippen molar-refractivity contribution in [3.63, 3.8) is 0 Å². The van der Waals surface area contributed by atoms with Gasteiger partial charge in [0.05, 0.1) is 23.8 Å². The molecule has 0 N–H and O–H groups in total. The molecule has 0 aliphatic carbocycles. The number of likely N-dealkylation sites (tertiary alicyclic amines) is 1. The number of benzene rings is 2. The van der Waals surface area contributed by atoms with E-state index in [4.69, 9.17) is 4.74 Å². The van der Waals surface area contributed by atoms with Crippen LogP contribution in [0.25, 0.3) is 10.9 Å². The third-order valence-electron chi connectivity index (χ3n) is 6.53. The molecule has 33 heavy (non-hydrogen) atoms. The number of nitrogens with zero attached hydrogens (tertiary/aromatic N) is 2. The summed E-state index contributed by atoms with van der Waals surface area (Å²) < 4.78 is 74.7. The third-order valence-corrected chi connectivity index (χ3v) is 6.53. The quantitative estimate of drug-likeness (QED) is 0.416. The zero-order valence-corrected chi connectivity index (χ0v) is 18.4. The van der Waals surface area contributed by atoms with E-state index in [2.05, 4.69) is 9.88 Å². The van der Waals surface area contributed by atoms with Crippen LogP contribution >= 0.6 is 0 Å². The van der Waals surface area contributed by atoms with Crippen LogP contribution in [0.15, 0.2) is 48.7 Å². The molecule has 1 fully saturated rings. The summed E-state index contributed by atoms with van der Waals surface area (Å²) in [5.41, 5.74) is -0.141. The predicted octanol–water partition coefficient (Wildman–Crippen LogP) is 6.27. The van der Waals surface area contributed by atoms with Crippen LogP contribution in [0.5, 0.6) is 0 Å². The zero-order valence-electron chi connectivity index (χ0n) is 18.4. The second kappa shape index (κ2) is 8.99. The lowest BCUT2D eigenvalue weighted by molar-refractivity contribution is -0.137. The van der Waals surface area contributed by atoms with Crippen molar-refractivity contribution in [2.24, 2.45) is 0 Å². The monoisotopic (exact) mass is 464 g/mol. The number of hydrogen-bond donors (Lipinski definition) is 0. The first-order chi connectivity index (χ1) is 15.6. The highest BCUT2D eigenvalue weighted by Gasteiger charge is 2.38. The van der Waals surface area contributed by atoms with Crippen LogP contribution in [0.2, 0.25) is 0 Å². The maximum atomic E-state index is 14.0. The second-order valence-corrected chi connectivity index (χ2v) is 8.83. The van der Waals surface area contributed by atoms with E-state index in [-0.39, 0.29) is 6.61 Å². The SMILES string of the molecule is CC(OCC1(c2cc(F)cc(F)c2)CCN(C)CC1)c1cc(C(F)(F)F)cc2cccnc12. The molecule has 1 aliphatic rings. The Labute approximate surface area is 189 Å². The molecule has 3 nitrogen and oxygen atoms in total. The molecule has 176 valence electrons. The maximum absolute atomic E-state index is 14.0. The Bertz CT molecular complexity index is 1120. The molecule has 0 saturated carbocycles. The van der Waals surface area contributed by atoms with Crippen LogP contribution in [-0.4, -0.2) is 36.6 Å². The van der Waals surface area contributed by atoms with Gasteiger partial charge in [0.1, 0.15) is 11.6 Å². The Morgan fingerprint density at radius 1 is 1.06 bits per heavy atom. The first-order valence-electron chi connectivity index (χ1n) is 10.8. The summed E-state index contributed by atoms with van der Waals surface area (Å²) in [6, 6.07) is 8.80. The van der Waals surface area contributed by atoms with Crippen LogP contribution < -0.4 is 0 Å². The van der Waals surface area contributed by atoms with Gasteiger partial charge in [0.2, 0.25) is 0 Å². The van der Waals surface area contributed by atoms with Gasteiger partial charge in [-0.25, -0.2) is 8.78 Å². The molecule has 4 rings (SSSR count). The molecular formula is C25H25F5N2O. The van der Waals surface area contributed by atoms with Gasteiger partial charge < -0.3 is 9.64 Å². The average molecular weight is 464 g/mol. The maximum Gasteiger partial charge on any atom is 0.416 e. The van der Waals surface area contributed by atoms with Gasteiger partial charge in [-0.2, -0.15) is 13.2 Å². The Balaban J connectivity index is 1.67. The van der Waals surface area contributed by atoms with Crippen molar-refractivity contribution in [1.82, 2.24) is 9.88 Å². The van der Waals surface area contributed by atoms with Crippen LogP contribution in [-0.2, 0) is 16.3 Å². The molecule has 0 bridgehead atoms. The highest BCUT2D eigenvalue weighted by atomic mass is 19.4. The van der Waals surface area contributed by atoms with E-state index in [9.17, 15) is 22.0 Å². The fraction of sp³-hybridized carbons (Fsp3) is 0.400. The van der Waals surface area contributed by atoms with Crippen molar-refractivity contribution in [1.29, 1.82) is 0 Å². The predicted molar refractivity (Wildman–Crippen MR) is 116 cm³/mol. The summed E-state index contributed by atoms with van der Waals surface area (Å²) in [7, 11) is 1.97. The molecule has 2 heterocycles. The first kappa shape index (κ1) is 23.6. The van der Waals surface area contributed by atoms with Gasteiger partial charge in [0.15, 0.2) is 0 Å². The van der Waals surface area contributed by atoms with Crippen LogP contribution in [0.1, 0.15) is 42.6 Å². The average Bonchev–Trinajstić information content (AvgIpc) is 2.76. The molecule has 1 aromatic heterocycles. The van der Waals surface area contributed by atoms with Crippen molar-refractivity contribution >= 4 is 10.9 Å². The van der Waals surface area contributed by atoms with Gasteiger partial charge in [-0.15, -0.1) is 0 Å². The molecule has 1 atom stereocenters. The first-order valence-corrected chi connectivity index (χ1v) is 10.8. The minimum absolute atomic E-state index is 0.121. The molecule has 0 radical (unpaired) electrons. The largest absolute Gasteiger partial charge is 0.416 e. The van der Waals surface area contributed by atoms with E-state index in [1.807, 2.05) is 7.05 Å². The standard InChI is InChI=1S/C25H25F5N2O/c1-16(22-13-19(25(28,29)30)10-17-4-3-7-31-23(17)22)33-15-24(5-8-32(2)9-6-24)18-11-20(26)14-21(27)12-18/h3-4,7,10-14,16H,5-6,8-9,15H2,1-2H3. The van der Waals surface area contributed by atoms with Gasteiger partial charge in [-0.1, -0.05) is 6.07 Å². The number of pyridine rings is 1. The van der Waals surface area contributed by atoms with Gasteiger partial charge in [0.25, 0.3) is 0 Å². The molecule has 1 unspecified atom stereocenters. The van der Waals surface area contributed by atoms with Crippen LogP contribution in [0.3, 0.4) is 0 Å². The normalized spacial score (nSPS) is 17.9. The van der Waals surface area contributed by atoms with E-state index < -0.39 is 34.9 Å². The summed E-state index contributed by atoms with van der Waals surface area (Å²) >= 11 is 0. The van der Waals surface area contributed by atoms with Gasteiger partial charge in [0, 0.05) is 28.6 Å². The molecule has 1 saturated heterocycles. The van der Waals surface area contributed by atoms with Gasteiger partial charge in [-0.05, 0) is 75.8 Å². The molecule has 0 amide bonds. The number of piperidine rings is 1. The van der Waals surface area contributed by atoms with E-state index >= 15 is 0 Å². The van der Waals surface area contributed by atoms with Crippen molar-refractivity contribution in [2.45, 2.75) is 37.5 Å². The molecule has 1 aliphatic heterocycles. The Morgan fingerprint density at radius 3 is 2.36 bits per heavy atom. The summed E-state index contributed by atoms with van der Waals surface area (Å²) in [5.74, 6) is -1.33. The smallest absolute Gasteiger partial charge is 0.373 e. The third kappa shape index (κ3) is 5.01. The van der Waals surface area contributed by atoms with Gasteiger partial charge in [-0.3, -0.25) is 4.98 Å². The highest BCUT2D eigenvalue weighted by Crippen LogP contribution is 2.39. The molecule has 0 spiro atoms. The zero-order chi connectivity index (χ0) is 23.8. The number of halogens is 5. The summed E-state index contributed by atoms with van der Waals surface area (Å²) in [4.78, 5) is 6.40. The van der Waals surface area contributed by atoms with E-state index in [0.717, 1.165) is 18.2 Å². The Morgan fingerprint density at radius 2 is 1.73 bits per heavy atom. The number of ether oxygens (including phenoxy) is 1. The van der Waals surface area contributed by atoms with Crippen LogP contribution in [0, 0.1) is 11.6 Å². The number of aromatic nitrogens is 1. The lowest BCUT2D eigenvalue weighted by Gasteiger charge is -2.41. The highest BCUT2D eigenvalue weighted by molar-refractivity contribution is 5.83. The Kier molecular flexibility index (Phi) is 6.42. The lowest BCUT2D eigenvalue weighted by Crippen LogP contribution is -2.44. The Hall–Kier alpha value is -2.58. The van der Waals surface area contributed by atoms with E-state index in [1.54, 1.807) is 19.1 Å². The van der Waals surface area contributed by atoms with E-state index in [1.165, 1.54) is 18.3 Å². The van der Waals surface area contributed by atoms with Gasteiger partial charge >= 0.3 is 6.18 Å². The molecule has 2 aromatic carbocycles. The van der Waals surface area contributed by atoms with Crippen molar-refractivity contribution < 1.29 is 26.7 Å². The minimum atomic E-state index is -4.51. The molecule has 3 aromatic rings. The fourth-order valence-electron chi connectivity index (χ4n) is 4.49. The molecule has 8 heteroatoms. The van der Waals surface area contributed by atoms with Crippen molar-refractivity contribution in [3.05, 3.63) is 77.0 Å². The van der Waals surface area contributed by atoms with Crippen LogP contribution in [0.4, 0.5) is 22.0 Å². The molecular weight excluding hydrogens is 439 g/mol. The number of rotatable bonds is 5. The summed E-state index contributed by atoms with van der Waals surface area (Å²) in [5, 5.41) is 0.374. The number of alkyl halides is 3. The van der Waals surface area contributed by atoms with Crippen molar-refractivity contribution in [2.75, 3.05) is 26.7 Å². The minimum Gasteiger partial charge on any atom is -0.373 e. The summed E-state index contributed by atoms with van der Waals surface area (Å²) in [6.07, 6.45) is -2.46. The summed E-state index contributed by atoms with van der Waals surface area (Å²) in [6.45, 7) is 3.22. The van der Waals surface area contributed by atoms with E-state index in [0.29, 0.717) is 48.0 Å². The lowest BCUT2D eigenvalue weighted by atomic mass is 9.73.